The molecule has 0 fully saturated rings. The molecule has 186 valence electrons. The zero-order chi connectivity index (χ0) is 25.9. The van der Waals surface area contributed by atoms with E-state index in [9.17, 15) is 10.1 Å². The summed E-state index contributed by atoms with van der Waals surface area (Å²) in [5, 5.41) is 15.2. The van der Waals surface area contributed by atoms with Crippen molar-refractivity contribution in [2.24, 2.45) is 0 Å². The Morgan fingerprint density at radius 3 is 2.81 bits per heavy atom. The fourth-order valence-electron chi connectivity index (χ4n) is 4.72. The van der Waals surface area contributed by atoms with E-state index in [1.54, 1.807) is 29.0 Å². The van der Waals surface area contributed by atoms with Crippen LogP contribution >= 0.6 is 34.8 Å². The maximum Gasteiger partial charge on any atom is 0.326 e. The first-order chi connectivity index (χ1) is 17.9. The molecule has 0 bridgehead atoms. The molecule has 37 heavy (non-hydrogen) atoms. The van der Waals surface area contributed by atoms with Crippen LogP contribution in [0.1, 0.15) is 27.9 Å². The molecule has 0 atom stereocenters. The molecule has 0 spiro atoms. The summed E-state index contributed by atoms with van der Waals surface area (Å²) in [5.74, 6) is 0. The van der Waals surface area contributed by atoms with E-state index in [4.69, 9.17) is 34.8 Å². The predicted molar refractivity (Wildman–Crippen MR) is 148 cm³/mol. The van der Waals surface area contributed by atoms with Gasteiger partial charge in [0.05, 0.1) is 17.1 Å². The zero-order valence-corrected chi connectivity index (χ0v) is 22.0. The topological polar surface area (TPSA) is 74.0 Å². The molecule has 4 aromatic rings. The molecule has 1 N–H and O–H groups in total. The van der Waals surface area contributed by atoms with Crippen molar-refractivity contribution in [3.05, 3.63) is 104 Å². The summed E-state index contributed by atoms with van der Waals surface area (Å²) in [7, 11) is 0. The molecule has 0 saturated heterocycles. The van der Waals surface area contributed by atoms with Gasteiger partial charge in [-0.2, -0.15) is 5.26 Å². The van der Waals surface area contributed by atoms with Gasteiger partial charge in [0.1, 0.15) is 5.15 Å². The van der Waals surface area contributed by atoms with Gasteiger partial charge in [0.15, 0.2) is 0 Å². The van der Waals surface area contributed by atoms with Crippen LogP contribution in [0, 0.1) is 11.3 Å². The number of hydrogen-bond donors (Lipinski definition) is 1. The Hall–Kier alpha value is -3.34. The van der Waals surface area contributed by atoms with Crippen LogP contribution in [0.4, 0.5) is 4.79 Å². The minimum atomic E-state index is -0.236. The van der Waals surface area contributed by atoms with Gasteiger partial charge in [-0.25, -0.2) is 9.78 Å². The van der Waals surface area contributed by atoms with Crippen molar-refractivity contribution in [1.82, 2.24) is 19.8 Å². The fraction of sp³-hybridized carbons (Fsp3) is 0.179. The average molecular weight is 551 g/mol. The number of fused-ring (bicyclic) bond motifs is 3. The Balaban J connectivity index is 1.41. The maximum absolute atomic E-state index is 13.4. The number of rotatable bonds is 5. The number of aromatic nitrogens is 2. The van der Waals surface area contributed by atoms with E-state index in [-0.39, 0.29) is 6.03 Å². The molecule has 6 nitrogen and oxygen atoms in total. The number of pyridine rings is 1. The molecular weight excluding hydrogens is 529 g/mol. The van der Waals surface area contributed by atoms with Gasteiger partial charge in [0.2, 0.25) is 0 Å². The third-order valence-corrected chi connectivity index (χ3v) is 7.20. The minimum absolute atomic E-state index is 0.236. The normalized spacial score (nSPS) is 13.6. The summed E-state index contributed by atoms with van der Waals surface area (Å²) in [6.45, 7) is 2.42. The van der Waals surface area contributed by atoms with Gasteiger partial charge in [-0.05, 0) is 53.1 Å². The van der Waals surface area contributed by atoms with Crippen LogP contribution in [0.15, 0.2) is 60.8 Å². The number of carbonyl (C=O) groups is 1. The van der Waals surface area contributed by atoms with Crippen molar-refractivity contribution in [2.45, 2.75) is 19.5 Å². The third kappa shape index (κ3) is 5.36. The van der Waals surface area contributed by atoms with Crippen LogP contribution in [0.2, 0.25) is 15.2 Å². The number of nitriles is 1. The van der Waals surface area contributed by atoms with Crippen molar-refractivity contribution in [1.29, 1.82) is 5.26 Å². The first kappa shape index (κ1) is 25.3. The van der Waals surface area contributed by atoms with E-state index in [0.29, 0.717) is 46.8 Å². The van der Waals surface area contributed by atoms with Gasteiger partial charge >= 0.3 is 6.03 Å². The van der Waals surface area contributed by atoms with Gasteiger partial charge in [-0.3, -0.25) is 9.47 Å². The SMILES string of the molecule is N#Cc1cccc2c1c1c(n2C(=O)NCc2ccnc(Cl)c2)CCN(C/C=C/c2ccc(Cl)cc2Cl)C1. The molecule has 2 aromatic heterocycles. The molecule has 3 heterocycles. The predicted octanol–water partition coefficient (Wildman–Crippen LogP) is 6.70. The summed E-state index contributed by atoms with van der Waals surface area (Å²) in [5.41, 5.74) is 5.00. The summed E-state index contributed by atoms with van der Waals surface area (Å²) in [6.07, 6.45) is 6.34. The Bertz CT molecular complexity index is 1570. The average Bonchev–Trinajstić information content (AvgIpc) is 3.22. The summed E-state index contributed by atoms with van der Waals surface area (Å²) in [6, 6.07) is 16.5. The number of amides is 1. The monoisotopic (exact) mass is 549 g/mol. The Morgan fingerprint density at radius 2 is 2.03 bits per heavy atom. The van der Waals surface area contributed by atoms with E-state index in [1.165, 1.54) is 0 Å². The van der Waals surface area contributed by atoms with Crippen molar-refractivity contribution >= 4 is 57.8 Å². The van der Waals surface area contributed by atoms with Gasteiger partial charge in [0, 0.05) is 59.9 Å². The summed E-state index contributed by atoms with van der Waals surface area (Å²) in [4.78, 5) is 19.7. The van der Waals surface area contributed by atoms with E-state index in [0.717, 1.165) is 39.8 Å². The van der Waals surface area contributed by atoms with E-state index < -0.39 is 0 Å². The molecule has 0 radical (unpaired) electrons. The first-order valence-corrected chi connectivity index (χ1v) is 12.9. The highest BCUT2D eigenvalue weighted by molar-refractivity contribution is 6.35. The van der Waals surface area contributed by atoms with Crippen molar-refractivity contribution in [3.63, 3.8) is 0 Å². The largest absolute Gasteiger partial charge is 0.333 e. The maximum atomic E-state index is 13.4. The van der Waals surface area contributed by atoms with E-state index in [2.05, 4.69) is 27.3 Å². The smallest absolute Gasteiger partial charge is 0.326 e. The molecule has 1 amide bonds. The van der Waals surface area contributed by atoms with Crippen LogP contribution in [0.3, 0.4) is 0 Å². The summed E-state index contributed by atoms with van der Waals surface area (Å²) < 4.78 is 1.72. The van der Waals surface area contributed by atoms with Gasteiger partial charge < -0.3 is 5.32 Å². The van der Waals surface area contributed by atoms with Crippen molar-refractivity contribution in [3.8, 4) is 6.07 Å². The second-order valence-corrected chi connectivity index (χ2v) is 10.0. The van der Waals surface area contributed by atoms with E-state index in [1.807, 2.05) is 36.4 Å². The zero-order valence-electron chi connectivity index (χ0n) is 19.7. The van der Waals surface area contributed by atoms with Gasteiger partial charge in [0.25, 0.3) is 0 Å². The number of nitrogens with zero attached hydrogens (tertiary/aromatic N) is 4. The highest BCUT2D eigenvalue weighted by atomic mass is 35.5. The molecule has 1 aliphatic rings. The standard InChI is InChI=1S/C28H22Cl3N5O/c29-21-7-6-19(23(30)14-21)4-2-11-35-12-9-24-22(17-35)27-20(15-32)3-1-5-25(27)36(24)28(37)34-16-18-8-10-33-26(31)13-18/h1-8,10,13-14H,9,11-12,16-17H2,(H,34,37)/b4-2+. The first-order valence-electron chi connectivity index (χ1n) is 11.7. The second-order valence-electron chi connectivity index (χ2n) is 8.77. The lowest BCUT2D eigenvalue weighted by Gasteiger charge is -2.27. The molecule has 0 saturated carbocycles. The Morgan fingerprint density at radius 1 is 1.16 bits per heavy atom. The number of nitrogens with one attached hydrogen (secondary N) is 1. The van der Waals surface area contributed by atoms with Crippen LogP contribution in [0.5, 0.6) is 0 Å². The van der Waals surface area contributed by atoms with Crippen LogP contribution < -0.4 is 5.32 Å². The lowest BCUT2D eigenvalue weighted by atomic mass is 10.0. The Labute approximate surface area is 229 Å². The number of benzene rings is 2. The summed E-state index contributed by atoms with van der Waals surface area (Å²) >= 11 is 18.3. The second kappa shape index (κ2) is 11.0. The van der Waals surface area contributed by atoms with Crippen LogP contribution in [-0.4, -0.2) is 33.6 Å². The molecule has 5 rings (SSSR count). The highest BCUT2D eigenvalue weighted by Crippen LogP contribution is 2.33. The van der Waals surface area contributed by atoms with E-state index >= 15 is 0 Å². The molecule has 2 aromatic carbocycles. The van der Waals surface area contributed by atoms with Crippen molar-refractivity contribution < 1.29 is 4.79 Å². The van der Waals surface area contributed by atoms with Crippen LogP contribution in [-0.2, 0) is 19.5 Å². The molecule has 0 aliphatic carbocycles. The van der Waals surface area contributed by atoms with Gasteiger partial charge in [-0.1, -0.05) is 59.1 Å². The molecule has 1 aliphatic heterocycles. The Kier molecular flexibility index (Phi) is 7.50. The quantitative estimate of drug-likeness (QED) is 0.281. The highest BCUT2D eigenvalue weighted by Gasteiger charge is 2.27. The van der Waals surface area contributed by atoms with Crippen LogP contribution in [0.25, 0.3) is 17.0 Å². The van der Waals surface area contributed by atoms with Gasteiger partial charge in [-0.15, -0.1) is 0 Å². The molecular formula is C28H22Cl3N5O. The molecule has 9 heteroatoms. The fourth-order valence-corrected chi connectivity index (χ4v) is 5.39. The van der Waals surface area contributed by atoms with Crippen molar-refractivity contribution in [2.75, 3.05) is 13.1 Å². The lowest BCUT2D eigenvalue weighted by Crippen LogP contribution is -2.34. The minimum Gasteiger partial charge on any atom is -0.333 e. The third-order valence-electron chi connectivity index (χ3n) is 6.43. The number of hydrogen-bond acceptors (Lipinski definition) is 4. The number of carbonyl (C=O) groups excluding carboxylic acids is 1. The lowest BCUT2D eigenvalue weighted by molar-refractivity contribution is 0.240. The molecule has 0 unspecified atom stereocenters. The number of halogens is 3.